The third-order valence-corrected chi connectivity index (χ3v) is 7.74. The predicted octanol–water partition coefficient (Wildman–Crippen LogP) is 5.87. The van der Waals surface area contributed by atoms with Crippen molar-refractivity contribution in [1.82, 2.24) is 14.4 Å². The van der Waals surface area contributed by atoms with Crippen molar-refractivity contribution in [2.45, 2.75) is 43.8 Å². The van der Waals surface area contributed by atoms with Gasteiger partial charge in [-0.15, -0.1) is 0 Å². The molecular weight excluding hydrogens is 712 g/mol. The first-order chi connectivity index (χ1) is 24.2. The Bertz CT molecular complexity index is 1740. The molecule has 0 radical (unpaired) electrons. The van der Waals surface area contributed by atoms with Crippen LogP contribution in [0.1, 0.15) is 35.3 Å². The van der Waals surface area contributed by atoms with Crippen LogP contribution in [0.3, 0.4) is 0 Å². The summed E-state index contributed by atoms with van der Waals surface area (Å²) >= 11 is 0. The van der Waals surface area contributed by atoms with E-state index in [0.717, 1.165) is 21.9 Å². The van der Waals surface area contributed by atoms with Crippen molar-refractivity contribution in [3.8, 4) is 0 Å². The molecule has 1 amide bonds. The number of hydrogen-bond acceptors (Lipinski definition) is 6. The zero-order chi connectivity index (χ0) is 39.0. The first kappa shape index (κ1) is 41.1. The van der Waals surface area contributed by atoms with Gasteiger partial charge in [0, 0.05) is 38.1 Å². The molecule has 0 bridgehead atoms. The molecule has 2 heterocycles. The molecule has 4 N–H and O–H groups in total. The molecule has 1 aliphatic rings. The summed E-state index contributed by atoms with van der Waals surface area (Å²) < 4.78 is 92.2. The summed E-state index contributed by atoms with van der Waals surface area (Å²) in [6.45, 7) is 3.48. The number of rotatable bonds is 6. The zero-order valence-corrected chi connectivity index (χ0v) is 27.1. The highest BCUT2D eigenvalue weighted by atomic mass is 19.4. The monoisotopic (exact) mass is 744 g/mol. The van der Waals surface area contributed by atoms with Gasteiger partial charge < -0.3 is 20.8 Å². The fourth-order valence-corrected chi connectivity index (χ4v) is 5.25. The Balaban J connectivity index is 0.000000441. The fourth-order valence-electron chi connectivity index (χ4n) is 5.25. The smallest absolute Gasteiger partial charge is 0.475 e. The molecule has 5 rings (SSSR count). The van der Waals surface area contributed by atoms with E-state index >= 15 is 0 Å². The average molecular weight is 745 g/mol. The summed E-state index contributed by atoms with van der Waals surface area (Å²) in [5.41, 5.74) is 7.95. The van der Waals surface area contributed by atoms with Gasteiger partial charge in [0.2, 0.25) is 11.8 Å². The number of benzene rings is 3. The molecule has 1 saturated heterocycles. The van der Waals surface area contributed by atoms with Crippen LogP contribution in [0.25, 0.3) is 10.8 Å². The van der Waals surface area contributed by atoms with E-state index in [2.05, 4.69) is 4.90 Å². The number of amides is 1. The number of carbonyl (C=O) groups is 4. The summed E-state index contributed by atoms with van der Waals surface area (Å²) in [5.74, 6) is -6.66. The Hall–Kier alpha value is -5.36. The second-order valence-electron chi connectivity index (χ2n) is 11.5. The van der Waals surface area contributed by atoms with E-state index in [-0.39, 0.29) is 42.0 Å². The van der Waals surface area contributed by atoms with Gasteiger partial charge in [-0.3, -0.25) is 19.1 Å². The SMILES string of the molecule is C[C@H]1CN(C(=O)C[C@H](N)C(=O)n2cc3ccccc3c2)CCN1C(c1ccc(F)cc1)c1ccc(F)cc1.O=C(O)C(F)(F)F.O=C(O)C(F)(F)F. The van der Waals surface area contributed by atoms with Crippen LogP contribution in [0, 0.1) is 11.6 Å². The maximum atomic E-state index is 13.6. The Labute approximate surface area is 290 Å². The Morgan fingerprint density at radius 3 is 1.52 bits per heavy atom. The number of carboxylic acids is 2. The van der Waals surface area contributed by atoms with E-state index in [9.17, 15) is 44.7 Å². The van der Waals surface area contributed by atoms with Crippen molar-refractivity contribution in [3.63, 3.8) is 0 Å². The number of nitrogens with two attached hydrogens (primary N) is 1. The van der Waals surface area contributed by atoms with Crippen LogP contribution in [-0.2, 0) is 14.4 Å². The van der Waals surface area contributed by atoms with Crippen LogP contribution >= 0.6 is 0 Å². The largest absolute Gasteiger partial charge is 0.490 e. The Morgan fingerprint density at radius 2 is 1.15 bits per heavy atom. The second-order valence-corrected chi connectivity index (χ2v) is 11.5. The van der Waals surface area contributed by atoms with E-state index < -0.39 is 30.3 Å². The summed E-state index contributed by atoms with van der Waals surface area (Å²) in [7, 11) is 0. The summed E-state index contributed by atoms with van der Waals surface area (Å²) in [6, 6.07) is 19.0. The highest BCUT2D eigenvalue weighted by Gasteiger charge is 2.39. The van der Waals surface area contributed by atoms with E-state index in [1.165, 1.54) is 28.8 Å². The van der Waals surface area contributed by atoms with Crippen LogP contribution in [0.5, 0.6) is 0 Å². The third-order valence-electron chi connectivity index (χ3n) is 7.74. The van der Waals surface area contributed by atoms with Gasteiger partial charge in [-0.1, -0.05) is 48.5 Å². The van der Waals surface area contributed by atoms with Crippen molar-refractivity contribution in [1.29, 1.82) is 0 Å². The molecule has 0 unspecified atom stereocenters. The second kappa shape index (κ2) is 17.2. The van der Waals surface area contributed by atoms with E-state index in [1.54, 1.807) is 41.6 Å². The van der Waals surface area contributed by atoms with Crippen LogP contribution in [-0.4, -0.2) is 92.4 Å². The number of aromatic nitrogens is 1. The van der Waals surface area contributed by atoms with Gasteiger partial charge >= 0.3 is 24.3 Å². The molecule has 1 fully saturated rings. The molecule has 280 valence electrons. The molecule has 52 heavy (non-hydrogen) atoms. The maximum Gasteiger partial charge on any atom is 0.490 e. The normalized spacial score (nSPS) is 15.6. The van der Waals surface area contributed by atoms with E-state index in [1.807, 2.05) is 31.2 Å². The van der Waals surface area contributed by atoms with Crippen LogP contribution in [0.15, 0.2) is 85.2 Å². The van der Waals surface area contributed by atoms with Gasteiger partial charge in [0.25, 0.3) is 0 Å². The number of halogens is 8. The number of carboxylic acid groups (broad SMARTS) is 2. The number of hydrogen-bond donors (Lipinski definition) is 3. The van der Waals surface area contributed by atoms with Gasteiger partial charge in [0.15, 0.2) is 0 Å². The van der Waals surface area contributed by atoms with Gasteiger partial charge in [-0.25, -0.2) is 18.4 Å². The molecule has 4 aromatic rings. The Morgan fingerprint density at radius 1 is 0.750 bits per heavy atom. The summed E-state index contributed by atoms with van der Waals surface area (Å²) in [4.78, 5) is 47.8. The van der Waals surface area contributed by atoms with E-state index in [0.29, 0.717) is 19.6 Å². The van der Waals surface area contributed by atoms with Gasteiger partial charge in [0.1, 0.15) is 11.6 Å². The summed E-state index contributed by atoms with van der Waals surface area (Å²) in [5, 5.41) is 16.1. The van der Waals surface area contributed by atoms with Gasteiger partial charge in [0.05, 0.1) is 18.5 Å². The molecular formula is C34H32F8N4O6. The lowest BCUT2D eigenvalue weighted by Gasteiger charge is -2.44. The number of piperazine rings is 1. The average Bonchev–Trinajstić information content (AvgIpc) is 3.51. The van der Waals surface area contributed by atoms with Crippen LogP contribution in [0.4, 0.5) is 35.1 Å². The van der Waals surface area contributed by atoms with Crippen LogP contribution in [0.2, 0.25) is 0 Å². The molecule has 1 aromatic heterocycles. The third kappa shape index (κ3) is 11.3. The first-order valence-corrected chi connectivity index (χ1v) is 15.2. The van der Waals surface area contributed by atoms with Gasteiger partial charge in [-0.2, -0.15) is 26.3 Å². The maximum absolute atomic E-state index is 13.6. The molecule has 0 saturated carbocycles. The molecule has 2 atom stereocenters. The lowest BCUT2D eigenvalue weighted by atomic mass is 9.94. The molecule has 1 aliphatic heterocycles. The summed E-state index contributed by atoms with van der Waals surface area (Å²) in [6.07, 6.45) is -6.79. The van der Waals surface area contributed by atoms with Crippen molar-refractivity contribution in [2.24, 2.45) is 5.73 Å². The minimum atomic E-state index is -5.08. The number of alkyl halides is 6. The van der Waals surface area contributed by atoms with Crippen LogP contribution < -0.4 is 5.73 Å². The molecule has 18 heteroatoms. The number of nitrogens with zero attached hydrogens (tertiary/aromatic N) is 3. The topological polar surface area (TPSA) is 146 Å². The molecule has 3 aromatic carbocycles. The zero-order valence-electron chi connectivity index (χ0n) is 27.1. The number of fused-ring (bicyclic) bond motifs is 1. The van der Waals surface area contributed by atoms with Crippen molar-refractivity contribution < 1.29 is 64.5 Å². The fraction of sp³-hybridized carbons (Fsp3) is 0.294. The number of carbonyl (C=O) groups excluding carboxylic acids is 2. The molecule has 0 spiro atoms. The standard InChI is InChI=1S/C30H30F2N4O2.2C2HF3O2/c1-20-17-34(28(37)16-27(33)30(38)35-18-23-4-2-3-5-24(23)19-35)14-15-36(20)29(21-6-10-25(31)11-7-21)22-8-12-26(32)13-9-22;2*3-2(4,5)1(6)7/h2-13,18-20,27,29H,14-17,33H2,1H3;2*(H,6,7)/t20-,27-;;/m0../s1. The van der Waals surface area contributed by atoms with E-state index in [4.69, 9.17) is 25.5 Å². The minimum absolute atomic E-state index is 0.0468. The lowest BCUT2D eigenvalue weighted by Crippen LogP contribution is -2.55. The van der Waals surface area contributed by atoms with Crippen molar-refractivity contribution in [2.75, 3.05) is 19.6 Å². The first-order valence-electron chi connectivity index (χ1n) is 15.2. The van der Waals surface area contributed by atoms with Gasteiger partial charge in [-0.05, 0) is 53.1 Å². The molecule has 10 nitrogen and oxygen atoms in total. The molecule has 0 aliphatic carbocycles. The Kier molecular flexibility index (Phi) is 13.6. The number of aliphatic carboxylic acids is 2. The predicted molar refractivity (Wildman–Crippen MR) is 170 cm³/mol. The minimum Gasteiger partial charge on any atom is -0.475 e. The highest BCUT2D eigenvalue weighted by Crippen LogP contribution is 2.32. The van der Waals surface area contributed by atoms with Crippen molar-refractivity contribution in [3.05, 3.63) is 108 Å². The quantitative estimate of drug-likeness (QED) is 0.208. The lowest BCUT2D eigenvalue weighted by molar-refractivity contribution is -0.193. The van der Waals surface area contributed by atoms with Crippen molar-refractivity contribution >= 4 is 34.5 Å². The highest BCUT2D eigenvalue weighted by molar-refractivity contribution is 5.94.